The smallest absolute Gasteiger partial charge is 0.317 e. The summed E-state index contributed by atoms with van der Waals surface area (Å²) in [6, 6.07) is 13.6. The van der Waals surface area contributed by atoms with Crippen molar-refractivity contribution in [2.75, 3.05) is 13.1 Å². The molecule has 0 spiro atoms. The van der Waals surface area contributed by atoms with Crippen molar-refractivity contribution in [3.05, 3.63) is 66.0 Å². The Labute approximate surface area is 148 Å². The lowest BCUT2D eigenvalue weighted by atomic mass is 10.0. The highest BCUT2D eigenvalue weighted by molar-refractivity contribution is 5.74. The first-order valence-corrected chi connectivity index (χ1v) is 8.90. The summed E-state index contributed by atoms with van der Waals surface area (Å²) in [4.78, 5) is 18.4. The van der Waals surface area contributed by atoms with Crippen molar-refractivity contribution in [2.24, 2.45) is 0 Å². The minimum Gasteiger partial charge on any atom is -0.388 e. The van der Waals surface area contributed by atoms with Gasteiger partial charge in [0.2, 0.25) is 0 Å². The number of nitrogens with one attached hydrogen (secondary N) is 1. The van der Waals surface area contributed by atoms with Crippen molar-refractivity contribution in [1.29, 1.82) is 0 Å². The van der Waals surface area contributed by atoms with Gasteiger partial charge in [-0.2, -0.15) is 0 Å². The normalized spacial score (nSPS) is 18.1. The third kappa shape index (κ3) is 4.79. The Morgan fingerprint density at radius 2 is 2.12 bits per heavy atom. The molecule has 2 atom stereocenters. The summed E-state index contributed by atoms with van der Waals surface area (Å²) < 4.78 is 0. The van der Waals surface area contributed by atoms with Crippen molar-refractivity contribution in [3.63, 3.8) is 0 Å². The molecule has 2 amide bonds. The Kier molecular flexibility index (Phi) is 6.01. The highest BCUT2D eigenvalue weighted by atomic mass is 16.3. The Bertz CT molecular complexity index is 663. The average Bonchev–Trinajstić information content (AvgIpc) is 3.11. The fraction of sp³-hybridized carbons (Fsp3) is 0.400. The molecule has 0 aliphatic carbocycles. The number of hydrogen-bond acceptors (Lipinski definition) is 3. The van der Waals surface area contributed by atoms with Gasteiger partial charge in [-0.15, -0.1) is 0 Å². The standard InChI is InChI=1S/C20H25N3O2/c24-19(17-7-2-1-3-8-17)14-18-9-5-13-23(18)20(25)22-12-10-16-6-4-11-21-15-16/h1-4,6-8,11,15,18-19,24H,5,9-10,12-14H2,(H,22,25). The molecule has 3 rings (SSSR count). The predicted octanol–water partition coefficient (Wildman–Crippen LogP) is 2.92. The maximum atomic E-state index is 12.5. The van der Waals surface area contributed by atoms with E-state index in [-0.39, 0.29) is 12.1 Å². The summed E-state index contributed by atoms with van der Waals surface area (Å²) in [6.07, 6.45) is 6.32. The predicted molar refractivity (Wildman–Crippen MR) is 97.1 cm³/mol. The molecular weight excluding hydrogens is 314 g/mol. The van der Waals surface area contributed by atoms with Gasteiger partial charge in [-0.3, -0.25) is 4.98 Å². The first kappa shape index (κ1) is 17.4. The van der Waals surface area contributed by atoms with Gasteiger partial charge in [-0.25, -0.2) is 4.79 Å². The molecule has 0 radical (unpaired) electrons. The second-order valence-electron chi connectivity index (χ2n) is 6.49. The molecule has 1 saturated heterocycles. The summed E-state index contributed by atoms with van der Waals surface area (Å²) in [5.74, 6) is 0. The number of carbonyl (C=O) groups is 1. The van der Waals surface area contributed by atoms with Crippen LogP contribution in [0, 0.1) is 0 Å². The third-order valence-corrected chi connectivity index (χ3v) is 4.73. The molecule has 1 aliphatic heterocycles. The topological polar surface area (TPSA) is 65.5 Å². The van der Waals surface area contributed by atoms with Gasteiger partial charge in [0, 0.05) is 31.5 Å². The second kappa shape index (κ2) is 8.62. The summed E-state index contributed by atoms with van der Waals surface area (Å²) in [6.45, 7) is 1.35. The number of benzene rings is 1. The zero-order valence-corrected chi connectivity index (χ0v) is 14.3. The van der Waals surface area contributed by atoms with Gasteiger partial charge >= 0.3 is 6.03 Å². The second-order valence-corrected chi connectivity index (χ2v) is 6.49. The van der Waals surface area contributed by atoms with E-state index in [0.717, 1.165) is 36.9 Å². The first-order chi connectivity index (χ1) is 12.2. The molecule has 5 nitrogen and oxygen atoms in total. The SMILES string of the molecule is O=C(NCCc1cccnc1)N1CCCC1CC(O)c1ccccc1. The van der Waals surface area contributed by atoms with Gasteiger partial charge in [0.05, 0.1) is 6.10 Å². The lowest BCUT2D eigenvalue weighted by molar-refractivity contribution is 0.126. The van der Waals surface area contributed by atoms with Crippen LogP contribution in [0.3, 0.4) is 0 Å². The molecule has 0 saturated carbocycles. The fourth-order valence-electron chi connectivity index (χ4n) is 3.38. The van der Waals surface area contributed by atoms with E-state index in [4.69, 9.17) is 0 Å². The largest absolute Gasteiger partial charge is 0.388 e. The number of amides is 2. The van der Waals surface area contributed by atoms with Crippen molar-refractivity contribution >= 4 is 6.03 Å². The van der Waals surface area contributed by atoms with Crippen molar-refractivity contribution < 1.29 is 9.90 Å². The molecule has 25 heavy (non-hydrogen) atoms. The molecule has 1 aromatic heterocycles. The molecule has 1 aliphatic rings. The van der Waals surface area contributed by atoms with E-state index in [1.165, 1.54) is 0 Å². The van der Waals surface area contributed by atoms with E-state index < -0.39 is 6.10 Å². The van der Waals surface area contributed by atoms with Crippen LogP contribution >= 0.6 is 0 Å². The Morgan fingerprint density at radius 3 is 2.88 bits per heavy atom. The van der Waals surface area contributed by atoms with E-state index in [0.29, 0.717) is 13.0 Å². The number of nitrogens with zero attached hydrogens (tertiary/aromatic N) is 2. The van der Waals surface area contributed by atoms with Crippen molar-refractivity contribution in [3.8, 4) is 0 Å². The number of aliphatic hydroxyl groups excluding tert-OH is 1. The fourth-order valence-corrected chi connectivity index (χ4v) is 3.38. The Balaban J connectivity index is 1.49. The monoisotopic (exact) mass is 339 g/mol. The number of pyridine rings is 1. The van der Waals surface area contributed by atoms with E-state index in [1.807, 2.05) is 53.6 Å². The number of rotatable bonds is 6. The molecule has 2 aromatic rings. The first-order valence-electron chi connectivity index (χ1n) is 8.90. The summed E-state index contributed by atoms with van der Waals surface area (Å²) in [5, 5.41) is 13.4. The Hall–Kier alpha value is -2.40. The number of aromatic nitrogens is 1. The van der Waals surface area contributed by atoms with E-state index in [1.54, 1.807) is 6.20 Å². The van der Waals surface area contributed by atoms with Gasteiger partial charge in [0.1, 0.15) is 0 Å². The van der Waals surface area contributed by atoms with E-state index in [2.05, 4.69) is 10.3 Å². The molecule has 2 unspecified atom stereocenters. The van der Waals surface area contributed by atoms with Crippen LogP contribution in [0.15, 0.2) is 54.9 Å². The number of carbonyl (C=O) groups excluding carboxylic acids is 1. The lowest BCUT2D eigenvalue weighted by Gasteiger charge is -2.27. The van der Waals surface area contributed by atoms with Crippen LogP contribution in [0.5, 0.6) is 0 Å². The van der Waals surface area contributed by atoms with Gasteiger partial charge in [-0.1, -0.05) is 36.4 Å². The molecule has 1 fully saturated rings. The highest BCUT2D eigenvalue weighted by Gasteiger charge is 2.30. The minimum atomic E-state index is -0.532. The van der Waals surface area contributed by atoms with E-state index in [9.17, 15) is 9.90 Å². The van der Waals surface area contributed by atoms with Crippen LogP contribution in [0.4, 0.5) is 4.79 Å². The minimum absolute atomic E-state index is 0.0355. The number of aliphatic hydroxyl groups is 1. The van der Waals surface area contributed by atoms with Gasteiger partial charge in [0.15, 0.2) is 0 Å². The van der Waals surface area contributed by atoms with Crippen LogP contribution < -0.4 is 5.32 Å². The molecule has 2 heterocycles. The van der Waals surface area contributed by atoms with Crippen LogP contribution in [-0.2, 0) is 6.42 Å². The average molecular weight is 339 g/mol. The maximum absolute atomic E-state index is 12.5. The van der Waals surface area contributed by atoms with Crippen LogP contribution in [0.2, 0.25) is 0 Å². The summed E-state index contributed by atoms with van der Waals surface area (Å²) in [7, 11) is 0. The van der Waals surface area contributed by atoms with Crippen LogP contribution in [0.25, 0.3) is 0 Å². The highest BCUT2D eigenvalue weighted by Crippen LogP contribution is 2.27. The van der Waals surface area contributed by atoms with E-state index >= 15 is 0 Å². The van der Waals surface area contributed by atoms with Crippen molar-refractivity contribution in [2.45, 2.75) is 37.8 Å². The van der Waals surface area contributed by atoms with Crippen molar-refractivity contribution in [1.82, 2.24) is 15.2 Å². The molecule has 1 aromatic carbocycles. The van der Waals surface area contributed by atoms with Crippen LogP contribution in [0.1, 0.15) is 36.5 Å². The quantitative estimate of drug-likeness (QED) is 0.850. The summed E-state index contributed by atoms with van der Waals surface area (Å²) in [5.41, 5.74) is 2.02. The van der Waals surface area contributed by atoms with Crippen LogP contribution in [-0.4, -0.2) is 40.2 Å². The number of likely N-dealkylation sites (tertiary alicyclic amines) is 1. The molecule has 132 valence electrons. The van der Waals surface area contributed by atoms with Gasteiger partial charge in [-0.05, 0) is 42.9 Å². The van der Waals surface area contributed by atoms with Gasteiger partial charge in [0.25, 0.3) is 0 Å². The molecule has 5 heteroatoms. The molecule has 0 bridgehead atoms. The lowest BCUT2D eigenvalue weighted by Crippen LogP contribution is -2.43. The zero-order chi connectivity index (χ0) is 17.5. The number of urea groups is 1. The Morgan fingerprint density at radius 1 is 1.28 bits per heavy atom. The van der Waals surface area contributed by atoms with Gasteiger partial charge < -0.3 is 15.3 Å². The summed E-state index contributed by atoms with van der Waals surface area (Å²) >= 11 is 0. The zero-order valence-electron chi connectivity index (χ0n) is 14.3. The molecular formula is C20H25N3O2. The maximum Gasteiger partial charge on any atom is 0.317 e. The number of hydrogen-bond donors (Lipinski definition) is 2. The molecule has 2 N–H and O–H groups in total. The third-order valence-electron chi connectivity index (χ3n) is 4.73.